The average molecular weight is 406 g/mol. The van der Waals surface area contributed by atoms with Gasteiger partial charge in [0, 0.05) is 18.0 Å². The summed E-state index contributed by atoms with van der Waals surface area (Å²) in [6.07, 6.45) is 3.70. The Bertz CT molecular complexity index is 720. The molecule has 146 valence electrons. The molecule has 6 heteroatoms. The van der Waals surface area contributed by atoms with Crippen molar-refractivity contribution in [2.24, 2.45) is 5.92 Å². The molecule has 3 nitrogen and oxygen atoms in total. The number of halogens is 1. The first-order chi connectivity index (χ1) is 13.1. The number of thiophene rings is 1. The third-order valence-corrected chi connectivity index (χ3v) is 6.19. The van der Waals surface area contributed by atoms with Crippen LogP contribution < -0.4 is 5.32 Å². The first kappa shape index (κ1) is 20.2. The molecule has 2 aromatic rings. The van der Waals surface area contributed by atoms with Crippen molar-refractivity contribution >= 4 is 34.4 Å². The van der Waals surface area contributed by atoms with Gasteiger partial charge in [0.15, 0.2) is 5.11 Å². The van der Waals surface area contributed by atoms with E-state index in [4.69, 9.17) is 12.2 Å². The Kier molecular flexibility index (Phi) is 7.61. The highest BCUT2D eigenvalue weighted by molar-refractivity contribution is 7.80. The molecule has 0 saturated carbocycles. The summed E-state index contributed by atoms with van der Waals surface area (Å²) >= 11 is 7.34. The fourth-order valence-electron chi connectivity index (χ4n) is 3.57. The van der Waals surface area contributed by atoms with Crippen LogP contribution in [0.15, 0.2) is 41.8 Å². The molecule has 1 aliphatic heterocycles. The standard InChI is InChI=1S/C21H28FN3S2/c1-17-7-4-11-24(15-17)12-6-13-25(16-18-8-5-14-27-18)21(26)23-20-10-3-2-9-19(20)22/h2-3,5,8-10,14,17H,4,6-7,11-13,15-16H2,1H3,(H,23,26)/t17-/m1/s1. The summed E-state index contributed by atoms with van der Waals surface area (Å²) in [6, 6.07) is 10.9. The van der Waals surface area contributed by atoms with Crippen LogP contribution in [0.4, 0.5) is 10.1 Å². The zero-order chi connectivity index (χ0) is 19.1. The van der Waals surface area contributed by atoms with Crippen LogP contribution in [-0.2, 0) is 6.54 Å². The van der Waals surface area contributed by atoms with E-state index in [1.807, 2.05) is 6.07 Å². The molecule has 0 amide bonds. The van der Waals surface area contributed by atoms with Crippen molar-refractivity contribution < 1.29 is 4.39 Å². The highest BCUT2D eigenvalue weighted by Crippen LogP contribution is 2.18. The van der Waals surface area contributed by atoms with E-state index < -0.39 is 0 Å². The summed E-state index contributed by atoms with van der Waals surface area (Å²) in [5.74, 6) is 0.517. The Morgan fingerprint density at radius 3 is 2.93 bits per heavy atom. The van der Waals surface area contributed by atoms with E-state index in [1.54, 1.807) is 23.5 Å². The lowest BCUT2D eigenvalue weighted by Gasteiger charge is -2.32. The van der Waals surface area contributed by atoms with Crippen molar-refractivity contribution in [1.82, 2.24) is 9.80 Å². The number of likely N-dealkylation sites (tertiary alicyclic amines) is 1. The van der Waals surface area contributed by atoms with Crippen LogP contribution in [0.3, 0.4) is 0 Å². The second-order valence-electron chi connectivity index (χ2n) is 7.31. The number of piperidine rings is 1. The van der Waals surface area contributed by atoms with E-state index in [2.05, 4.69) is 39.6 Å². The highest BCUT2D eigenvalue weighted by atomic mass is 32.1. The van der Waals surface area contributed by atoms with Crippen molar-refractivity contribution in [3.8, 4) is 0 Å². The first-order valence-electron chi connectivity index (χ1n) is 9.67. The van der Waals surface area contributed by atoms with Gasteiger partial charge in [-0.05, 0) is 74.1 Å². The van der Waals surface area contributed by atoms with E-state index in [1.165, 1.54) is 36.9 Å². The molecular weight excluding hydrogens is 377 g/mol. The maximum Gasteiger partial charge on any atom is 0.173 e. The second-order valence-corrected chi connectivity index (χ2v) is 8.73. The smallest absolute Gasteiger partial charge is 0.173 e. The third kappa shape index (κ3) is 6.26. The second kappa shape index (κ2) is 10.2. The minimum Gasteiger partial charge on any atom is -0.344 e. The number of nitrogens with one attached hydrogen (secondary N) is 1. The lowest BCUT2D eigenvalue weighted by molar-refractivity contribution is 0.177. The van der Waals surface area contributed by atoms with E-state index in [0.717, 1.165) is 32.0 Å². The summed E-state index contributed by atoms with van der Waals surface area (Å²) in [6.45, 7) is 7.45. The van der Waals surface area contributed by atoms with Crippen LogP contribution in [-0.4, -0.2) is 41.1 Å². The number of benzene rings is 1. The summed E-state index contributed by atoms with van der Waals surface area (Å²) in [5.41, 5.74) is 0.434. The number of hydrogen-bond acceptors (Lipinski definition) is 3. The van der Waals surface area contributed by atoms with E-state index in [-0.39, 0.29) is 5.82 Å². The molecule has 1 aromatic heterocycles. The van der Waals surface area contributed by atoms with Gasteiger partial charge in [0.1, 0.15) is 5.82 Å². The lowest BCUT2D eigenvalue weighted by Crippen LogP contribution is -2.39. The molecule has 0 radical (unpaired) electrons. The number of anilines is 1. The summed E-state index contributed by atoms with van der Waals surface area (Å²) in [7, 11) is 0. The SMILES string of the molecule is C[C@@H]1CCCN(CCCN(Cc2cccs2)C(=S)Nc2ccccc2F)C1. The van der Waals surface area contributed by atoms with Gasteiger partial charge in [-0.3, -0.25) is 0 Å². The molecule has 3 rings (SSSR count). The van der Waals surface area contributed by atoms with Gasteiger partial charge >= 0.3 is 0 Å². The zero-order valence-corrected chi connectivity index (χ0v) is 17.5. The van der Waals surface area contributed by atoms with Crippen LogP contribution in [0, 0.1) is 11.7 Å². The van der Waals surface area contributed by atoms with Gasteiger partial charge in [-0.25, -0.2) is 4.39 Å². The molecule has 0 spiro atoms. The zero-order valence-electron chi connectivity index (χ0n) is 15.9. The van der Waals surface area contributed by atoms with Crippen molar-refractivity contribution in [3.63, 3.8) is 0 Å². The van der Waals surface area contributed by atoms with Gasteiger partial charge in [0.25, 0.3) is 0 Å². The number of para-hydroxylation sites is 1. The molecule has 0 unspecified atom stereocenters. The Morgan fingerprint density at radius 1 is 1.33 bits per heavy atom. The maximum atomic E-state index is 14.0. The van der Waals surface area contributed by atoms with Gasteiger partial charge in [0.2, 0.25) is 0 Å². The molecule has 27 heavy (non-hydrogen) atoms. The maximum absolute atomic E-state index is 14.0. The van der Waals surface area contributed by atoms with Gasteiger partial charge in [-0.15, -0.1) is 11.3 Å². The monoisotopic (exact) mass is 405 g/mol. The van der Waals surface area contributed by atoms with Crippen LogP contribution in [0.25, 0.3) is 0 Å². The molecule has 1 saturated heterocycles. The van der Waals surface area contributed by atoms with E-state index in [9.17, 15) is 4.39 Å². The van der Waals surface area contributed by atoms with Crippen LogP contribution in [0.1, 0.15) is 31.1 Å². The molecule has 1 aliphatic rings. The topological polar surface area (TPSA) is 18.5 Å². The van der Waals surface area contributed by atoms with Crippen molar-refractivity contribution in [3.05, 3.63) is 52.5 Å². The molecular formula is C21H28FN3S2. The van der Waals surface area contributed by atoms with Gasteiger partial charge in [0.05, 0.1) is 12.2 Å². The molecule has 1 fully saturated rings. The number of rotatable bonds is 7. The van der Waals surface area contributed by atoms with Gasteiger partial charge < -0.3 is 15.1 Å². The van der Waals surface area contributed by atoms with E-state index in [0.29, 0.717) is 10.8 Å². The van der Waals surface area contributed by atoms with Gasteiger partial charge in [-0.2, -0.15) is 0 Å². The molecule has 1 aromatic carbocycles. The third-order valence-electron chi connectivity index (χ3n) is 4.97. The number of nitrogens with zero attached hydrogens (tertiary/aromatic N) is 2. The predicted octanol–water partition coefficient (Wildman–Crippen LogP) is 5.21. The van der Waals surface area contributed by atoms with Crippen LogP contribution >= 0.6 is 23.6 Å². The minimum atomic E-state index is -0.279. The summed E-state index contributed by atoms with van der Waals surface area (Å²) in [4.78, 5) is 5.98. The summed E-state index contributed by atoms with van der Waals surface area (Å²) < 4.78 is 14.0. The van der Waals surface area contributed by atoms with Crippen molar-refractivity contribution in [1.29, 1.82) is 0 Å². The molecule has 0 bridgehead atoms. The number of hydrogen-bond donors (Lipinski definition) is 1. The van der Waals surface area contributed by atoms with Crippen molar-refractivity contribution in [2.45, 2.75) is 32.7 Å². The predicted molar refractivity (Wildman–Crippen MR) is 117 cm³/mol. The fourth-order valence-corrected chi connectivity index (χ4v) is 4.56. The van der Waals surface area contributed by atoms with Crippen LogP contribution in [0.5, 0.6) is 0 Å². The quantitative estimate of drug-likeness (QED) is 0.637. The largest absolute Gasteiger partial charge is 0.344 e. The normalized spacial score (nSPS) is 17.6. The highest BCUT2D eigenvalue weighted by Gasteiger charge is 2.17. The van der Waals surface area contributed by atoms with Crippen LogP contribution in [0.2, 0.25) is 0 Å². The lowest BCUT2D eigenvalue weighted by atomic mass is 10.0. The Hall–Kier alpha value is -1.50. The molecule has 1 atom stereocenters. The first-order valence-corrected chi connectivity index (χ1v) is 11.0. The fraction of sp³-hybridized carbons (Fsp3) is 0.476. The molecule has 1 N–H and O–H groups in total. The van der Waals surface area contributed by atoms with Gasteiger partial charge in [-0.1, -0.05) is 25.1 Å². The number of thiocarbonyl (C=S) groups is 1. The minimum absolute atomic E-state index is 0.279. The molecule has 0 aliphatic carbocycles. The average Bonchev–Trinajstić information content (AvgIpc) is 3.16. The Balaban J connectivity index is 1.58. The Morgan fingerprint density at radius 2 is 2.19 bits per heavy atom. The van der Waals surface area contributed by atoms with E-state index >= 15 is 0 Å². The summed E-state index contributed by atoms with van der Waals surface area (Å²) in [5, 5.41) is 5.75. The Labute approximate surface area is 171 Å². The molecule has 2 heterocycles. The van der Waals surface area contributed by atoms with Crippen molar-refractivity contribution in [2.75, 3.05) is 31.5 Å².